The van der Waals surface area contributed by atoms with Gasteiger partial charge in [-0.1, -0.05) is 25.2 Å². The average molecular weight is 563 g/mol. The molecular weight excluding hydrogens is 533 g/mol. The maximum Gasteiger partial charge on any atom is 0.516 e. The third-order valence-corrected chi connectivity index (χ3v) is 7.40. The summed E-state index contributed by atoms with van der Waals surface area (Å²) in [4.78, 5) is 14.3. The number of hydrogen-bond acceptors (Lipinski definition) is 10. The lowest BCUT2D eigenvalue weighted by molar-refractivity contribution is -0.0429. The molecule has 37 heavy (non-hydrogen) atoms. The zero-order chi connectivity index (χ0) is 27.6. The normalized spacial score (nSPS) is 14.8. The first-order valence-electron chi connectivity index (χ1n) is 11.7. The molecule has 1 aromatic carbocycles. The van der Waals surface area contributed by atoms with Crippen molar-refractivity contribution in [1.29, 1.82) is 0 Å². The molecule has 1 N–H and O–H groups in total. The lowest BCUT2D eigenvalue weighted by Crippen LogP contribution is -2.38. The highest BCUT2D eigenvalue weighted by molar-refractivity contribution is 7.93. The molecule has 2 heterocycles. The largest absolute Gasteiger partial charge is 0.516 e. The molecule has 0 bridgehead atoms. The van der Waals surface area contributed by atoms with Crippen LogP contribution in [0.5, 0.6) is 0 Å². The second-order valence-electron chi connectivity index (χ2n) is 9.41. The van der Waals surface area contributed by atoms with Crippen molar-refractivity contribution in [2.45, 2.75) is 77.5 Å². The molecule has 0 saturated carbocycles. The van der Waals surface area contributed by atoms with Crippen LogP contribution in [-0.2, 0) is 21.2 Å². The number of nitrogens with one attached hydrogen (secondary N) is 1. The molecule has 0 saturated heterocycles. The van der Waals surface area contributed by atoms with Crippen molar-refractivity contribution in [1.82, 2.24) is 10.2 Å². The summed E-state index contributed by atoms with van der Waals surface area (Å²) in [5, 5.41) is 15.2. The van der Waals surface area contributed by atoms with E-state index in [9.17, 15) is 26.4 Å². The first-order chi connectivity index (χ1) is 17.1. The molecule has 0 amide bonds. The molecule has 1 aliphatic rings. The molecule has 3 rings (SSSR count). The molecule has 0 radical (unpaired) electrons. The number of ether oxygens (including phenoxy) is 1. The summed E-state index contributed by atoms with van der Waals surface area (Å²) in [5.41, 5.74) is -5.29. The van der Waals surface area contributed by atoms with Crippen LogP contribution in [0.2, 0.25) is 0 Å². The molecule has 1 aliphatic heterocycles. The van der Waals surface area contributed by atoms with Crippen molar-refractivity contribution in [2.24, 2.45) is 10.2 Å². The number of fused-ring (bicyclic) bond motifs is 1. The monoisotopic (exact) mass is 562 g/mol. The van der Waals surface area contributed by atoms with E-state index in [1.54, 1.807) is 25.5 Å². The Labute approximate surface area is 217 Å². The highest BCUT2D eigenvalue weighted by Gasteiger charge is 2.46. The molecule has 0 aliphatic carbocycles. The highest BCUT2D eigenvalue weighted by atomic mass is 32.2. The number of hydrogen-bond donors (Lipinski definition) is 1. The van der Waals surface area contributed by atoms with Gasteiger partial charge in [-0.3, -0.25) is 4.72 Å². The van der Waals surface area contributed by atoms with Crippen molar-refractivity contribution in [3.8, 4) is 0 Å². The Morgan fingerprint density at radius 2 is 1.86 bits per heavy atom. The van der Waals surface area contributed by atoms with Crippen LogP contribution < -0.4 is 9.62 Å². The van der Waals surface area contributed by atoms with Crippen molar-refractivity contribution in [2.75, 3.05) is 16.2 Å². The molecule has 2 aromatic rings. The number of rotatable bonds is 8. The predicted molar refractivity (Wildman–Crippen MR) is 134 cm³/mol. The molecule has 0 atom stereocenters. The molecule has 10 nitrogen and oxygen atoms in total. The van der Waals surface area contributed by atoms with Gasteiger partial charge in [0.05, 0.1) is 5.69 Å². The lowest BCUT2D eigenvalue weighted by atomic mass is 9.97. The average Bonchev–Trinajstić information content (AvgIpc) is 3.26. The van der Waals surface area contributed by atoms with Crippen molar-refractivity contribution in [3.63, 3.8) is 0 Å². The Hall–Kier alpha value is -2.81. The summed E-state index contributed by atoms with van der Waals surface area (Å²) < 4.78 is 70.3. The number of aryl methyl sites for hydroxylation is 1. The number of halogens is 3. The topological polar surface area (TPSA) is 126 Å². The van der Waals surface area contributed by atoms with Gasteiger partial charge in [-0.15, -0.1) is 20.4 Å². The maximum absolute atomic E-state index is 13.2. The summed E-state index contributed by atoms with van der Waals surface area (Å²) in [5.74, 6) is -0.708. The van der Waals surface area contributed by atoms with Gasteiger partial charge in [0.1, 0.15) is 11.3 Å². The number of carbonyl (C=O) groups is 1. The molecule has 0 spiro atoms. The third-order valence-electron chi connectivity index (χ3n) is 5.51. The Kier molecular flexibility index (Phi) is 8.47. The highest BCUT2D eigenvalue weighted by Crippen LogP contribution is 2.40. The summed E-state index contributed by atoms with van der Waals surface area (Å²) in [6.45, 7) is 9.81. The van der Waals surface area contributed by atoms with E-state index in [0.717, 1.165) is 36.2 Å². The fraction of sp³-hybridized carbons (Fsp3) is 0.591. The van der Waals surface area contributed by atoms with Gasteiger partial charge in [0.15, 0.2) is 0 Å². The molecule has 204 valence electrons. The number of sulfonamides is 1. The van der Waals surface area contributed by atoms with Gasteiger partial charge in [0.2, 0.25) is 5.01 Å². The van der Waals surface area contributed by atoms with Gasteiger partial charge in [-0.05, 0) is 64.2 Å². The quantitative estimate of drug-likeness (QED) is 0.304. The Morgan fingerprint density at radius 3 is 2.46 bits per heavy atom. The van der Waals surface area contributed by atoms with Gasteiger partial charge in [0.25, 0.3) is 5.13 Å². The molecule has 0 unspecified atom stereocenters. The predicted octanol–water partition coefficient (Wildman–Crippen LogP) is 6.11. The van der Waals surface area contributed by atoms with Crippen LogP contribution in [0.25, 0.3) is 0 Å². The fourth-order valence-corrected chi connectivity index (χ4v) is 4.99. The Balaban J connectivity index is 2.02. The van der Waals surface area contributed by atoms with Crippen LogP contribution in [0, 0.1) is 0 Å². The van der Waals surface area contributed by atoms with Gasteiger partial charge in [-0.25, -0.2) is 4.79 Å². The van der Waals surface area contributed by atoms with E-state index in [1.165, 1.54) is 12.1 Å². The number of carbonyl (C=O) groups excluding carboxylic acids is 1. The van der Waals surface area contributed by atoms with Gasteiger partial charge in [0, 0.05) is 18.3 Å². The first-order valence-corrected chi connectivity index (χ1v) is 14.0. The van der Waals surface area contributed by atoms with Crippen LogP contribution >= 0.6 is 11.3 Å². The molecule has 1 aromatic heterocycles. The summed E-state index contributed by atoms with van der Waals surface area (Å²) in [6, 6.07) is 3.04. The van der Waals surface area contributed by atoms with Gasteiger partial charge < -0.3 is 9.64 Å². The lowest BCUT2D eigenvalue weighted by Gasteiger charge is -2.38. The van der Waals surface area contributed by atoms with E-state index in [4.69, 9.17) is 4.74 Å². The van der Waals surface area contributed by atoms with Gasteiger partial charge in [-0.2, -0.15) is 21.6 Å². The SMILES string of the molecule is CCC(CC)N1CCCc2cc(N=Nc3nnc(C(=O)OC(C)(C)C)s3)c(NS(=O)(=O)C(F)(F)F)cc21. The number of anilines is 2. The van der Waals surface area contributed by atoms with Gasteiger partial charge >= 0.3 is 21.5 Å². The third kappa shape index (κ3) is 6.94. The van der Waals surface area contributed by atoms with Crippen LogP contribution in [0.1, 0.15) is 69.2 Å². The van der Waals surface area contributed by atoms with E-state index in [-0.39, 0.29) is 27.6 Å². The smallest absolute Gasteiger partial charge is 0.455 e. The minimum atomic E-state index is -5.71. The maximum atomic E-state index is 13.2. The van der Waals surface area contributed by atoms with E-state index < -0.39 is 27.1 Å². The van der Waals surface area contributed by atoms with E-state index >= 15 is 0 Å². The van der Waals surface area contributed by atoms with Crippen LogP contribution in [-0.4, -0.2) is 48.3 Å². The Bertz CT molecular complexity index is 1270. The molecular formula is C22H29F3N6O4S2. The first kappa shape index (κ1) is 28.8. The Morgan fingerprint density at radius 1 is 1.19 bits per heavy atom. The number of esters is 1. The summed E-state index contributed by atoms with van der Waals surface area (Å²) in [6.07, 6.45) is 3.10. The minimum absolute atomic E-state index is 0.0538. The van der Waals surface area contributed by atoms with E-state index in [0.29, 0.717) is 18.7 Å². The molecule has 15 heteroatoms. The summed E-state index contributed by atoms with van der Waals surface area (Å²) >= 11 is 0.779. The molecule has 0 fully saturated rings. The van der Waals surface area contributed by atoms with E-state index in [2.05, 4.69) is 25.3 Å². The van der Waals surface area contributed by atoms with Crippen LogP contribution in [0.15, 0.2) is 22.4 Å². The standard InChI is InChI=1S/C22H29F3N6O4S2/c1-6-14(7-2)31-10-8-9-13-11-15(16(12-17(13)31)30-37(33,34)22(23,24)25)26-28-20-29-27-18(36-20)19(32)35-21(3,4)5/h11-12,14,30H,6-10H2,1-5H3. The number of alkyl halides is 3. The van der Waals surface area contributed by atoms with Crippen LogP contribution in [0.4, 0.5) is 35.4 Å². The number of nitrogens with zero attached hydrogens (tertiary/aromatic N) is 5. The van der Waals surface area contributed by atoms with Crippen molar-refractivity contribution >= 4 is 49.5 Å². The fourth-order valence-electron chi connectivity index (χ4n) is 3.88. The van der Waals surface area contributed by atoms with Crippen LogP contribution in [0.3, 0.4) is 0 Å². The number of azo groups is 1. The number of benzene rings is 1. The zero-order valence-electron chi connectivity index (χ0n) is 21.1. The summed E-state index contributed by atoms with van der Waals surface area (Å²) in [7, 11) is -5.71. The van der Waals surface area contributed by atoms with Crippen molar-refractivity contribution < 1.29 is 31.1 Å². The minimum Gasteiger partial charge on any atom is -0.455 e. The van der Waals surface area contributed by atoms with E-state index in [1.807, 2.05) is 13.8 Å². The second-order valence-corrected chi connectivity index (χ2v) is 12.0. The van der Waals surface area contributed by atoms with Crippen molar-refractivity contribution in [3.05, 3.63) is 22.7 Å². The second kappa shape index (κ2) is 10.9. The number of aromatic nitrogens is 2. The zero-order valence-corrected chi connectivity index (χ0v) is 22.7.